The number of aromatic nitrogens is 1. The van der Waals surface area contributed by atoms with E-state index in [2.05, 4.69) is 50.7 Å². The van der Waals surface area contributed by atoms with E-state index in [0.29, 0.717) is 11.0 Å². The smallest absolute Gasteiger partial charge is 0.168 e. The van der Waals surface area contributed by atoms with Gasteiger partial charge in [-0.25, -0.2) is 4.98 Å². The van der Waals surface area contributed by atoms with Crippen LogP contribution in [0.1, 0.15) is 63.5 Å². The van der Waals surface area contributed by atoms with E-state index in [1.165, 1.54) is 16.9 Å². The molecule has 1 spiro atoms. The molecule has 5 heteroatoms. The van der Waals surface area contributed by atoms with Crippen LogP contribution in [0.15, 0.2) is 12.3 Å². The Labute approximate surface area is 159 Å². The number of pyridine rings is 1. The summed E-state index contributed by atoms with van der Waals surface area (Å²) < 4.78 is 14.4. The molecule has 3 aliphatic rings. The topological polar surface area (TPSA) is 34.6 Å². The van der Waals surface area contributed by atoms with Crippen molar-refractivity contribution in [3.8, 4) is 0 Å². The van der Waals surface area contributed by atoms with Crippen molar-refractivity contribution in [1.82, 2.24) is 4.98 Å². The van der Waals surface area contributed by atoms with E-state index in [0.717, 1.165) is 51.9 Å². The van der Waals surface area contributed by atoms with Crippen LogP contribution in [0.4, 0.5) is 5.82 Å². The number of rotatable bonds is 2. The summed E-state index contributed by atoms with van der Waals surface area (Å²) in [6, 6.07) is 2.45. The van der Waals surface area contributed by atoms with Crippen molar-refractivity contribution in [2.24, 2.45) is 0 Å². The third kappa shape index (κ3) is 3.02. The molecule has 1 aromatic heterocycles. The lowest BCUT2D eigenvalue weighted by Crippen LogP contribution is -2.54. The Kier molecular flexibility index (Phi) is 4.48. The van der Waals surface area contributed by atoms with Gasteiger partial charge in [-0.3, -0.25) is 0 Å². The van der Waals surface area contributed by atoms with Gasteiger partial charge in [0.1, 0.15) is 5.82 Å². The predicted molar refractivity (Wildman–Crippen MR) is 108 cm³/mol. The molecule has 2 aliphatic heterocycles. The maximum absolute atomic E-state index is 5.88. The van der Waals surface area contributed by atoms with E-state index >= 15 is 0 Å². The molecule has 3 heterocycles. The van der Waals surface area contributed by atoms with Gasteiger partial charge in [-0.05, 0) is 41.3 Å². The first-order valence-electron chi connectivity index (χ1n) is 10.3. The van der Waals surface area contributed by atoms with Crippen molar-refractivity contribution < 1.29 is 9.47 Å². The van der Waals surface area contributed by atoms with Crippen LogP contribution >= 0.6 is 0 Å². The number of hydrogen-bond donors (Lipinski definition) is 0. The van der Waals surface area contributed by atoms with Crippen molar-refractivity contribution in [3.63, 3.8) is 0 Å². The molecule has 4 nitrogen and oxygen atoms in total. The minimum Gasteiger partial charge on any atom is -0.382 e. The van der Waals surface area contributed by atoms with Crippen LogP contribution < -0.4 is 4.57 Å². The van der Waals surface area contributed by atoms with Gasteiger partial charge in [-0.15, -0.1) is 0 Å². The van der Waals surface area contributed by atoms with Crippen molar-refractivity contribution in [1.29, 1.82) is 0 Å². The first kappa shape index (κ1) is 18.5. The predicted octanol–water partition coefficient (Wildman–Crippen LogP) is 4.85. The number of hydrogen-bond acceptors (Lipinski definition) is 4. The number of ether oxygens (including phenoxy) is 2. The molecule has 1 saturated carbocycles. The largest absolute Gasteiger partial charge is 0.382 e. The number of anilines is 1. The fraction of sp³-hybridized carbons (Fsp3) is 0.762. The van der Waals surface area contributed by atoms with Crippen LogP contribution in [0.3, 0.4) is 0 Å². The highest BCUT2D eigenvalue weighted by Gasteiger charge is 2.45. The molecule has 0 amide bonds. The Morgan fingerprint density at radius 2 is 1.81 bits per heavy atom. The Hall–Kier alpha value is -0.913. The van der Waals surface area contributed by atoms with Gasteiger partial charge < -0.3 is 14.0 Å². The molecule has 26 heavy (non-hydrogen) atoms. The highest BCUT2D eigenvalue weighted by Crippen LogP contribution is 2.45. The molecule has 2 fully saturated rings. The zero-order valence-corrected chi connectivity index (χ0v) is 18.1. The highest BCUT2D eigenvalue weighted by atomic mass is 28.3. The Balaban J connectivity index is 1.51. The second-order valence-corrected chi connectivity index (χ2v) is 15.0. The molecule has 0 N–H and O–H groups in total. The Morgan fingerprint density at radius 1 is 1.15 bits per heavy atom. The average molecular weight is 375 g/mol. The monoisotopic (exact) mass is 374 g/mol. The van der Waals surface area contributed by atoms with Crippen molar-refractivity contribution in [3.05, 3.63) is 23.4 Å². The molecule has 0 atom stereocenters. The number of fused-ring (bicyclic) bond motifs is 1. The van der Waals surface area contributed by atoms with E-state index in [1.807, 2.05) is 0 Å². The van der Waals surface area contributed by atoms with Gasteiger partial charge in [0, 0.05) is 25.6 Å². The SMILES string of the molecule is CC(C)(C)[Si](C)(C)N1CCc2cc(C3CCC4(CC3)OCCO4)cnc21. The van der Waals surface area contributed by atoms with Gasteiger partial charge in [0.2, 0.25) is 0 Å². The standard InChI is InChI=1S/C21H34N2O2Si/c1-20(2,3)26(4,5)23-11-8-17-14-18(15-22-19(17)23)16-6-9-21(10-7-16)24-12-13-25-21/h14-16H,6-13H2,1-5H3. The van der Waals surface area contributed by atoms with E-state index in [-0.39, 0.29) is 5.79 Å². The van der Waals surface area contributed by atoms with Crippen LogP contribution in [-0.4, -0.2) is 38.8 Å². The first-order valence-corrected chi connectivity index (χ1v) is 13.2. The molecule has 1 aliphatic carbocycles. The van der Waals surface area contributed by atoms with Crippen LogP contribution in [-0.2, 0) is 15.9 Å². The summed E-state index contributed by atoms with van der Waals surface area (Å²) in [6.07, 6.45) is 7.63. The fourth-order valence-corrected chi connectivity index (χ4v) is 6.85. The first-order chi connectivity index (χ1) is 12.2. The third-order valence-corrected chi connectivity index (χ3v) is 12.8. The van der Waals surface area contributed by atoms with Crippen LogP contribution in [0.5, 0.6) is 0 Å². The maximum atomic E-state index is 5.88. The summed E-state index contributed by atoms with van der Waals surface area (Å²) >= 11 is 0. The van der Waals surface area contributed by atoms with Crippen molar-refractivity contribution in [2.75, 3.05) is 24.3 Å². The summed E-state index contributed by atoms with van der Waals surface area (Å²) in [5.74, 6) is 1.60. The third-order valence-electron chi connectivity index (χ3n) is 7.37. The van der Waals surface area contributed by atoms with Gasteiger partial charge in [0.15, 0.2) is 14.0 Å². The lowest BCUT2D eigenvalue weighted by molar-refractivity contribution is -0.178. The van der Waals surface area contributed by atoms with Gasteiger partial charge >= 0.3 is 0 Å². The minimum atomic E-state index is -1.56. The lowest BCUT2D eigenvalue weighted by atomic mass is 9.81. The number of nitrogens with zero attached hydrogens (tertiary/aromatic N) is 2. The molecule has 0 unspecified atom stereocenters. The van der Waals surface area contributed by atoms with E-state index in [9.17, 15) is 0 Å². The molecule has 1 saturated heterocycles. The zero-order chi connectivity index (χ0) is 18.6. The molecule has 4 rings (SSSR count). The summed E-state index contributed by atoms with van der Waals surface area (Å²) in [6.45, 7) is 14.8. The van der Waals surface area contributed by atoms with Crippen LogP contribution in [0, 0.1) is 0 Å². The molecule has 144 valence electrons. The molecule has 0 radical (unpaired) electrons. The van der Waals surface area contributed by atoms with Crippen LogP contribution in [0.25, 0.3) is 0 Å². The van der Waals surface area contributed by atoms with Crippen LogP contribution in [0.2, 0.25) is 18.1 Å². The fourth-order valence-electron chi connectivity index (χ4n) is 4.64. The Morgan fingerprint density at radius 3 is 2.42 bits per heavy atom. The van der Waals surface area contributed by atoms with Gasteiger partial charge in [-0.1, -0.05) is 39.9 Å². The minimum absolute atomic E-state index is 0.264. The normalized spacial score (nSPS) is 23.7. The molecular weight excluding hydrogens is 340 g/mol. The van der Waals surface area contributed by atoms with Gasteiger partial charge in [-0.2, -0.15) is 0 Å². The molecule has 0 aromatic carbocycles. The molecular formula is C21H34N2O2Si. The van der Waals surface area contributed by atoms with Crippen molar-refractivity contribution in [2.45, 2.75) is 82.7 Å². The zero-order valence-electron chi connectivity index (χ0n) is 17.1. The summed E-state index contributed by atoms with van der Waals surface area (Å²) in [5.41, 5.74) is 2.88. The quantitative estimate of drug-likeness (QED) is 0.693. The second-order valence-electron chi connectivity index (χ2n) is 9.84. The van der Waals surface area contributed by atoms with E-state index in [1.54, 1.807) is 0 Å². The summed E-state index contributed by atoms with van der Waals surface area (Å²) in [4.78, 5) is 4.98. The van der Waals surface area contributed by atoms with Gasteiger partial charge in [0.05, 0.1) is 13.2 Å². The van der Waals surface area contributed by atoms with Crippen molar-refractivity contribution >= 4 is 14.1 Å². The Bertz CT molecular complexity index is 667. The lowest BCUT2D eigenvalue weighted by Gasteiger charge is -2.45. The second kappa shape index (κ2) is 6.32. The maximum Gasteiger partial charge on any atom is 0.168 e. The molecule has 0 bridgehead atoms. The highest BCUT2D eigenvalue weighted by molar-refractivity contribution is 6.83. The molecule has 1 aromatic rings. The van der Waals surface area contributed by atoms with Gasteiger partial charge in [0.25, 0.3) is 0 Å². The van der Waals surface area contributed by atoms with E-state index < -0.39 is 8.24 Å². The summed E-state index contributed by atoms with van der Waals surface area (Å²) in [7, 11) is -1.56. The average Bonchev–Trinajstić information content (AvgIpc) is 3.21. The summed E-state index contributed by atoms with van der Waals surface area (Å²) in [5, 5.41) is 0.341. The van der Waals surface area contributed by atoms with E-state index in [4.69, 9.17) is 14.5 Å².